The fourth-order valence-corrected chi connectivity index (χ4v) is 3.21. The van der Waals surface area contributed by atoms with Gasteiger partial charge in [-0.15, -0.1) is 0 Å². The summed E-state index contributed by atoms with van der Waals surface area (Å²) >= 11 is 0. The molecule has 1 amide bonds. The summed E-state index contributed by atoms with van der Waals surface area (Å²) in [5, 5.41) is 0. The van der Waals surface area contributed by atoms with E-state index in [9.17, 15) is 4.79 Å². The first-order chi connectivity index (χ1) is 10.1. The van der Waals surface area contributed by atoms with Crippen molar-refractivity contribution >= 4 is 11.7 Å². The summed E-state index contributed by atoms with van der Waals surface area (Å²) in [5.74, 6) is 0.650. The maximum atomic E-state index is 11.9. The van der Waals surface area contributed by atoms with Crippen molar-refractivity contribution < 1.29 is 9.53 Å². The Hall–Kier alpha value is -1.73. The summed E-state index contributed by atoms with van der Waals surface area (Å²) in [6, 6.07) is 0. The highest BCUT2D eigenvalue weighted by Crippen LogP contribution is 2.28. The first kappa shape index (κ1) is 14.2. The Morgan fingerprint density at radius 1 is 1.29 bits per heavy atom. The normalized spacial score (nSPS) is 27.0. The zero-order chi connectivity index (χ0) is 14.9. The van der Waals surface area contributed by atoms with Crippen LogP contribution in [-0.4, -0.2) is 65.7 Å². The molecule has 2 fully saturated rings. The third-order valence-corrected chi connectivity index (χ3v) is 4.50. The van der Waals surface area contributed by atoms with Gasteiger partial charge in [0.1, 0.15) is 11.4 Å². The van der Waals surface area contributed by atoms with Crippen LogP contribution in [0.3, 0.4) is 0 Å². The number of nitrogens with zero attached hydrogens (tertiary/aromatic N) is 4. The van der Waals surface area contributed by atoms with E-state index in [1.54, 1.807) is 12.4 Å². The van der Waals surface area contributed by atoms with Gasteiger partial charge in [0.05, 0.1) is 12.3 Å². The highest BCUT2D eigenvalue weighted by molar-refractivity contribution is 5.85. The van der Waals surface area contributed by atoms with Crippen molar-refractivity contribution in [1.29, 1.82) is 0 Å². The van der Waals surface area contributed by atoms with Crippen molar-refractivity contribution in [3.63, 3.8) is 0 Å². The van der Waals surface area contributed by atoms with Crippen LogP contribution in [0.5, 0.6) is 0 Å². The minimum absolute atomic E-state index is 0.274. The molecule has 0 aliphatic carbocycles. The van der Waals surface area contributed by atoms with E-state index in [-0.39, 0.29) is 5.91 Å². The standard InChI is InChI=1S/C14H21N5O2/c1-11-12(17-4-3-16-11)18-5-7-19(8-6-18)14(13(15)20)2-9-21-10-14/h3-4H,2,5-10H2,1H3,(H2,15,20). The van der Waals surface area contributed by atoms with Crippen LogP contribution in [0.25, 0.3) is 0 Å². The topological polar surface area (TPSA) is 84.6 Å². The molecule has 1 aromatic rings. The third-order valence-electron chi connectivity index (χ3n) is 4.50. The van der Waals surface area contributed by atoms with E-state index in [2.05, 4.69) is 19.8 Å². The molecule has 0 radical (unpaired) electrons. The number of rotatable bonds is 3. The molecule has 1 atom stereocenters. The molecule has 3 heterocycles. The average Bonchev–Trinajstić information content (AvgIpc) is 2.99. The summed E-state index contributed by atoms with van der Waals surface area (Å²) < 4.78 is 5.43. The number of anilines is 1. The van der Waals surface area contributed by atoms with Crippen molar-refractivity contribution in [3.8, 4) is 0 Å². The van der Waals surface area contributed by atoms with Crippen LogP contribution in [0.1, 0.15) is 12.1 Å². The van der Waals surface area contributed by atoms with E-state index in [0.29, 0.717) is 19.6 Å². The number of primary amides is 1. The van der Waals surface area contributed by atoms with Gasteiger partial charge in [0.25, 0.3) is 0 Å². The van der Waals surface area contributed by atoms with Gasteiger partial charge in [0, 0.05) is 51.6 Å². The lowest BCUT2D eigenvalue weighted by Crippen LogP contribution is -2.63. The molecule has 0 saturated carbocycles. The van der Waals surface area contributed by atoms with Crippen molar-refractivity contribution in [1.82, 2.24) is 14.9 Å². The first-order valence-electron chi connectivity index (χ1n) is 7.29. The molecule has 2 saturated heterocycles. The van der Waals surface area contributed by atoms with Crippen molar-refractivity contribution in [2.75, 3.05) is 44.3 Å². The molecular weight excluding hydrogens is 270 g/mol. The summed E-state index contributed by atoms with van der Waals surface area (Å²) in [5.41, 5.74) is 5.95. The molecule has 21 heavy (non-hydrogen) atoms. The van der Waals surface area contributed by atoms with Crippen LogP contribution in [0, 0.1) is 6.92 Å². The first-order valence-corrected chi connectivity index (χ1v) is 7.29. The second kappa shape index (κ2) is 5.57. The van der Waals surface area contributed by atoms with E-state index < -0.39 is 5.54 Å². The molecule has 114 valence electrons. The summed E-state index contributed by atoms with van der Waals surface area (Å²) in [6.07, 6.45) is 4.10. The number of hydrogen-bond donors (Lipinski definition) is 1. The lowest BCUT2D eigenvalue weighted by atomic mass is 9.94. The van der Waals surface area contributed by atoms with Gasteiger partial charge < -0.3 is 15.4 Å². The van der Waals surface area contributed by atoms with Crippen molar-refractivity contribution in [3.05, 3.63) is 18.1 Å². The Balaban J connectivity index is 1.70. The van der Waals surface area contributed by atoms with E-state index in [0.717, 1.165) is 37.7 Å². The Morgan fingerprint density at radius 2 is 2.00 bits per heavy atom. The molecule has 1 unspecified atom stereocenters. The predicted molar refractivity (Wildman–Crippen MR) is 77.9 cm³/mol. The molecule has 2 N–H and O–H groups in total. The minimum atomic E-state index is -0.622. The SMILES string of the molecule is Cc1nccnc1N1CCN(C2(C(N)=O)CCOC2)CC1. The molecule has 0 bridgehead atoms. The Labute approximate surface area is 124 Å². The Bertz CT molecular complexity index is 522. The van der Waals surface area contributed by atoms with Gasteiger partial charge in [-0.3, -0.25) is 14.7 Å². The fourth-order valence-electron chi connectivity index (χ4n) is 3.21. The highest BCUT2D eigenvalue weighted by Gasteiger charge is 2.46. The van der Waals surface area contributed by atoms with E-state index >= 15 is 0 Å². The lowest BCUT2D eigenvalue weighted by Gasteiger charge is -2.43. The van der Waals surface area contributed by atoms with Gasteiger partial charge in [-0.05, 0) is 6.92 Å². The lowest BCUT2D eigenvalue weighted by molar-refractivity contribution is -0.130. The molecule has 7 nitrogen and oxygen atoms in total. The zero-order valence-corrected chi connectivity index (χ0v) is 12.3. The van der Waals surface area contributed by atoms with Crippen LogP contribution in [0.2, 0.25) is 0 Å². The third kappa shape index (κ3) is 2.47. The predicted octanol–water partition coefficient (Wildman–Crippen LogP) is -0.449. The fraction of sp³-hybridized carbons (Fsp3) is 0.643. The molecule has 0 aromatic carbocycles. The molecule has 2 aliphatic rings. The van der Waals surface area contributed by atoms with Crippen LogP contribution >= 0.6 is 0 Å². The number of ether oxygens (including phenoxy) is 1. The highest BCUT2D eigenvalue weighted by atomic mass is 16.5. The van der Waals surface area contributed by atoms with Gasteiger partial charge in [-0.25, -0.2) is 4.98 Å². The van der Waals surface area contributed by atoms with Gasteiger partial charge >= 0.3 is 0 Å². The summed E-state index contributed by atoms with van der Waals surface area (Å²) in [7, 11) is 0. The quantitative estimate of drug-likeness (QED) is 0.812. The zero-order valence-electron chi connectivity index (χ0n) is 12.3. The summed E-state index contributed by atoms with van der Waals surface area (Å²) in [4.78, 5) is 25.0. The monoisotopic (exact) mass is 291 g/mol. The largest absolute Gasteiger partial charge is 0.379 e. The number of carbonyl (C=O) groups excluding carboxylic acids is 1. The van der Waals surface area contributed by atoms with E-state index in [1.807, 2.05) is 6.92 Å². The second-order valence-corrected chi connectivity index (χ2v) is 5.64. The Kier molecular flexibility index (Phi) is 3.77. The number of piperazine rings is 1. The number of aromatic nitrogens is 2. The average molecular weight is 291 g/mol. The van der Waals surface area contributed by atoms with Crippen LogP contribution in [0.4, 0.5) is 5.82 Å². The number of carbonyl (C=O) groups is 1. The van der Waals surface area contributed by atoms with E-state index in [1.165, 1.54) is 0 Å². The number of nitrogens with two attached hydrogens (primary N) is 1. The van der Waals surface area contributed by atoms with Gasteiger partial charge in [0.15, 0.2) is 0 Å². The molecule has 1 aromatic heterocycles. The summed E-state index contributed by atoms with van der Waals surface area (Å²) in [6.45, 7) is 6.16. The number of hydrogen-bond acceptors (Lipinski definition) is 6. The second-order valence-electron chi connectivity index (χ2n) is 5.64. The van der Waals surface area contributed by atoms with E-state index in [4.69, 9.17) is 10.5 Å². The van der Waals surface area contributed by atoms with Crippen LogP contribution in [0.15, 0.2) is 12.4 Å². The smallest absolute Gasteiger partial charge is 0.240 e. The molecule has 0 spiro atoms. The van der Waals surface area contributed by atoms with Crippen LogP contribution < -0.4 is 10.6 Å². The molecular formula is C14H21N5O2. The van der Waals surface area contributed by atoms with Gasteiger partial charge in [-0.1, -0.05) is 0 Å². The molecule has 2 aliphatic heterocycles. The van der Waals surface area contributed by atoms with Crippen molar-refractivity contribution in [2.45, 2.75) is 18.9 Å². The van der Waals surface area contributed by atoms with Crippen LogP contribution in [-0.2, 0) is 9.53 Å². The number of amides is 1. The molecule has 7 heteroatoms. The minimum Gasteiger partial charge on any atom is -0.379 e. The van der Waals surface area contributed by atoms with Gasteiger partial charge in [0.2, 0.25) is 5.91 Å². The molecule has 3 rings (SSSR count). The van der Waals surface area contributed by atoms with Crippen molar-refractivity contribution in [2.24, 2.45) is 5.73 Å². The maximum Gasteiger partial charge on any atom is 0.240 e. The number of aryl methyl sites for hydroxylation is 1. The van der Waals surface area contributed by atoms with Gasteiger partial charge in [-0.2, -0.15) is 0 Å². The maximum absolute atomic E-state index is 11.9. The Morgan fingerprint density at radius 3 is 2.57 bits per heavy atom.